The van der Waals surface area contributed by atoms with E-state index in [0.29, 0.717) is 17.6 Å². The molecule has 1 saturated carbocycles. The van der Waals surface area contributed by atoms with Gasteiger partial charge in [0, 0.05) is 17.8 Å². The lowest BCUT2D eigenvalue weighted by Gasteiger charge is -2.05. The fraction of sp³-hybridized carbons (Fsp3) is 0.263. The Morgan fingerprint density at radius 3 is 2.73 bits per heavy atom. The Kier molecular flexibility index (Phi) is 4.71. The summed E-state index contributed by atoms with van der Waals surface area (Å²) in [7, 11) is 0. The van der Waals surface area contributed by atoms with Gasteiger partial charge in [0.15, 0.2) is 5.82 Å². The molecule has 26 heavy (non-hydrogen) atoms. The number of rotatable bonds is 6. The van der Waals surface area contributed by atoms with Gasteiger partial charge in [-0.3, -0.25) is 4.79 Å². The maximum Gasteiger partial charge on any atom is 0.259 e. The van der Waals surface area contributed by atoms with E-state index < -0.39 is 0 Å². The van der Waals surface area contributed by atoms with Crippen LogP contribution in [0.25, 0.3) is 11.5 Å². The molecule has 1 fully saturated rings. The second-order valence-electron chi connectivity index (χ2n) is 6.32. The van der Waals surface area contributed by atoms with E-state index in [1.165, 1.54) is 11.8 Å². The van der Waals surface area contributed by atoms with E-state index in [-0.39, 0.29) is 5.91 Å². The summed E-state index contributed by atoms with van der Waals surface area (Å²) in [5, 5.41) is 7.66. The lowest BCUT2D eigenvalue weighted by Crippen LogP contribution is -2.13. The molecule has 0 unspecified atom stereocenters. The number of carbonyl (C=O) groups excluding carboxylic acids is 1. The first kappa shape index (κ1) is 16.8. The fourth-order valence-corrected chi connectivity index (χ4v) is 3.07. The van der Waals surface area contributed by atoms with Gasteiger partial charge in [0.05, 0.1) is 16.3 Å². The van der Waals surface area contributed by atoms with Crippen LogP contribution in [0, 0.1) is 6.92 Å². The van der Waals surface area contributed by atoms with Gasteiger partial charge in [0.2, 0.25) is 5.91 Å². The Bertz CT molecular complexity index is 902. The van der Waals surface area contributed by atoms with Crippen molar-refractivity contribution < 1.29 is 9.32 Å². The zero-order valence-corrected chi connectivity index (χ0v) is 15.1. The van der Waals surface area contributed by atoms with E-state index in [1.54, 1.807) is 6.20 Å². The summed E-state index contributed by atoms with van der Waals surface area (Å²) >= 11 is 1.39. The van der Waals surface area contributed by atoms with Crippen molar-refractivity contribution in [1.29, 1.82) is 0 Å². The van der Waals surface area contributed by atoms with Crippen LogP contribution in [0.3, 0.4) is 0 Å². The van der Waals surface area contributed by atoms with E-state index in [9.17, 15) is 4.79 Å². The first-order chi connectivity index (χ1) is 12.7. The van der Waals surface area contributed by atoms with Crippen molar-refractivity contribution in [3.8, 4) is 11.5 Å². The van der Waals surface area contributed by atoms with Crippen molar-refractivity contribution in [2.75, 3.05) is 11.1 Å². The molecule has 0 radical (unpaired) electrons. The third kappa shape index (κ3) is 4.11. The van der Waals surface area contributed by atoms with Gasteiger partial charge in [0.1, 0.15) is 0 Å². The van der Waals surface area contributed by atoms with E-state index in [4.69, 9.17) is 4.52 Å². The van der Waals surface area contributed by atoms with Crippen molar-refractivity contribution in [3.63, 3.8) is 0 Å². The molecule has 1 aromatic carbocycles. The molecule has 132 valence electrons. The molecule has 1 aliphatic rings. The lowest BCUT2D eigenvalue weighted by molar-refractivity contribution is -0.113. The molecular formula is C19H18N4O2S. The molecule has 0 aliphatic heterocycles. The number of carbonyl (C=O) groups is 1. The maximum atomic E-state index is 12.0. The molecule has 7 heteroatoms. The van der Waals surface area contributed by atoms with Crippen LogP contribution in [0.4, 0.5) is 5.69 Å². The summed E-state index contributed by atoms with van der Waals surface area (Å²) in [6, 6.07) is 11.5. The molecule has 0 atom stereocenters. The van der Waals surface area contributed by atoms with E-state index in [2.05, 4.69) is 20.4 Å². The second-order valence-corrected chi connectivity index (χ2v) is 7.32. The molecule has 1 N–H and O–H groups in total. The van der Waals surface area contributed by atoms with Gasteiger partial charge in [-0.05, 0) is 44.0 Å². The average Bonchev–Trinajstić information content (AvgIpc) is 3.39. The minimum Gasteiger partial charge on any atom is -0.334 e. The average molecular weight is 366 g/mol. The SMILES string of the molecule is Cc1ccc(NC(=O)CSc2ccc(-c3nc(C4CC4)no3)cn2)cc1. The van der Waals surface area contributed by atoms with Gasteiger partial charge in [-0.2, -0.15) is 4.98 Å². The fourth-order valence-electron chi connectivity index (χ4n) is 2.43. The number of hydrogen-bond donors (Lipinski definition) is 1. The maximum absolute atomic E-state index is 12.0. The van der Waals surface area contributed by atoms with Crippen LogP contribution in [0.15, 0.2) is 52.1 Å². The van der Waals surface area contributed by atoms with Gasteiger partial charge in [-0.15, -0.1) is 0 Å². The van der Waals surface area contributed by atoms with Crippen molar-refractivity contribution in [2.45, 2.75) is 30.7 Å². The highest BCUT2D eigenvalue weighted by atomic mass is 32.2. The molecule has 0 bridgehead atoms. The highest BCUT2D eigenvalue weighted by Crippen LogP contribution is 2.38. The van der Waals surface area contributed by atoms with Gasteiger partial charge in [-0.1, -0.05) is 34.6 Å². The van der Waals surface area contributed by atoms with Crippen molar-refractivity contribution in [1.82, 2.24) is 15.1 Å². The van der Waals surface area contributed by atoms with Gasteiger partial charge in [0.25, 0.3) is 5.89 Å². The monoisotopic (exact) mass is 366 g/mol. The van der Waals surface area contributed by atoms with Gasteiger partial charge >= 0.3 is 0 Å². The summed E-state index contributed by atoms with van der Waals surface area (Å²) in [5.74, 6) is 1.98. The highest BCUT2D eigenvalue weighted by Gasteiger charge is 2.29. The number of thioether (sulfide) groups is 1. The number of nitrogens with zero attached hydrogens (tertiary/aromatic N) is 3. The highest BCUT2D eigenvalue weighted by molar-refractivity contribution is 7.99. The molecular weight excluding hydrogens is 348 g/mol. The minimum atomic E-state index is -0.0595. The molecule has 0 spiro atoms. The molecule has 0 saturated heterocycles. The number of aryl methyl sites for hydroxylation is 1. The topological polar surface area (TPSA) is 80.9 Å². The lowest BCUT2D eigenvalue weighted by atomic mass is 10.2. The predicted molar refractivity (Wildman–Crippen MR) is 100 cm³/mol. The summed E-state index contributed by atoms with van der Waals surface area (Å²) in [4.78, 5) is 20.8. The summed E-state index contributed by atoms with van der Waals surface area (Å²) < 4.78 is 5.29. The van der Waals surface area contributed by atoms with Gasteiger partial charge < -0.3 is 9.84 Å². The third-order valence-electron chi connectivity index (χ3n) is 4.05. The number of benzene rings is 1. The molecule has 4 rings (SSSR count). The van der Waals surface area contributed by atoms with Crippen LogP contribution >= 0.6 is 11.8 Å². The summed E-state index contributed by atoms with van der Waals surface area (Å²) in [6.07, 6.45) is 3.97. The van der Waals surface area contributed by atoms with Crippen molar-refractivity contribution in [2.24, 2.45) is 0 Å². The minimum absolute atomic E-state index is 0.0595. The Balaban J connectivity index is 1.32. The number of pyridine rings is 1. The molecule has 6 nitrogen and oxygen atoms in total. The first-order valence-corrected chi connectivity index (χ1v) is 9.45. The van der Waals surface area contributed by atoms with Crippen LogP contribution in [0.5, 0.6) is 0 Å². The molecule has 2 heterocycles. The summed E-state index contributed by atoms with van der Waals surface area (Å²) in [6.45, 7) is 2.01. The number of anilines is 1. The Labute approximate surface area is 155 Å². The zero-order valence-electron chi connectivity index (χ0n) is 14.3. The third-order valence-corrected chi connectivity index (χ3v) is 5.00. The normalized spacial score (nSPS) is 13.6. The van der Waals surface area contributed by atoms with Crippen LogP contribution in [0.2, 0.25) is 0 Å². The number of hydrogen-bond acceptors (Lipinski definition) is 6. The van der Waals surface area contributed by atoms with Crippen LogP contribution in [0.1, 0.15) is 30.1 Å². The van der Waals surface area contributed by atoms with Crippen LogP contribution in [-0.2, 0) is 4.79 Å². The Morgan fingerprint density at radius 1 is 1.23 bits per heavy atom. The number of nitrogens with one attached hydrogen (secondary N) is 1. The van der Waals surface area contributed by atoms with Crippen LogP contribution in [-0.4, -0.2) is 26.8 Å². The van der Waals surface area contributed by atoms with Crippen LogP contribution < -0.4 is 5.32 Å². The smallest absolute Gasteiger partial charge is 0.259 e. The van der Waals surface area contributed by atoms with Crippen molar-refractivity contribution >= 4 is 23.4 Å². The number of amides is 1. The largest absolute Gasteiger partial charge is 0.334 e. The van der Waals surface area contributed by atoms with E-state index >= 15 is 0 Å². The molecule has 1 amide bonds. The standard InChI is InChI=1S/C19H18N4O2S/c1-12-2-7-15(8-3-12)21-16(24)11-26-17-9-6-14(10-20-17)19-22-18(23-25-19)13-4-5-13/h2-3,6-10,13H,4-5,11H2,1H3,(H,21,24). The zero-order chi connectivity index (χ0) is 17.9. The summed E-state index contributed by atoms with van der Waals surface area (Å²) in [5.41, 5.74) is 2.75. The predicted octanol–water partition coefficient (Wildman–Crippen LogP) is 4.05. The quantitative estimate of drug-likeness (QED) is 0.663. The molecule has 1 aliphatic carbocycles. The first-order valence-electron chi connectivity index (χ1n) is 8.47. The van der Waals surface area contributed by atoms with E-state index in [0.717, 1.165) is 40.5 Å². The van der Waals surface area contributed by atoms with Gasteiger partial charge in [-0.25, -0.2) is 4.98 Å². The van der Waals surface area contributed by atoms with Crippen molar-refractivity contribution in [3.05, 3.63) is 54.0 Å². The Hall–Kier alpha value is -2.67. The molecule has 3 aromatic rings. The van der Waals surface area contributed by atoms with E-state index in [1.807, 2.05) is 43.3 Å². The second kappa shape index (κ2) is 7.29. The molecule has 2 aromatic heterocycles. The number of aromatic nitrogens is 3. The Morgan fingerprint density at radius 2 is 2.04 bits per heavy atom.